The molecule has 342 valence electrons. The SMILES string of the molecule is CN(C)c1cc[n+](CCC(=O)OC(Cn2ncn(-c3ccc(N4CCN(c5ccc(OC[C@@H]6CO[C@@](Cn7cncn7)(c7ccc(F)cc7F)O6)cc5)CC4)cc3)c2=O)C(C)(C)C)cc1. The van der Waals surface area contributed by atoms with Crippen molar-refractivity contribution < 1.29 is 37.1 Å². The molecule has 18 heteroatoms. The fourth-order valence-corrected chi connectivity index (χ4v) is 7.89. The lowest BCUT2D eigenvalue weighted by atomic mass is 9.89. The van der Waals surface area contributed by atoms with Crippen molar-refractivity contribution in [1.82, 2.24) is 29.1 Å². The Labute approximate surface area is 376 Å². The zero-order valence-corrected chi connectivity index (χ0v) is 37.3. The van der Waals surface area contributed by atoms with E-state index in [2.05, 4.69) is 25.0 Å². The van der Waals surface area contributed by atoms with Crippen LogP contribution in [0.3, 0.4) is 0 Å². The topological polar surface area (TPSA) is 138 Å². The monoisotopic (exact) mass is 893 g/mol. The number of halogens is 2. The number of benzene rings is 3. The van der Waals surface area contributed by atoms with Gasteiger partial charge in [-0.05, 0) is 60.7 Å². The highest BCUT2D eigenvalue weighted by Crippen LogP contribution is 2.38. The van der Waals surface area contributed by atoms with E-state index in [1.54, 1.807) is 0 Å². The third kappa shape index (κ3) is 10.7. The fraction of sp³-hybridized carbons (Fsp3) is 0.404. The quantitative estimate of drug-likeness (QED) is 0.0958. The van der Waals surface area contributed by atoms with Crippen molar-refractivity contribution in [2.45, 2.75) is 64.8 Å². The van der Waals surface area contributed by atoms with Crippen molar-refractivity contribution in [3.63, 3.8) is 0 Å². The maximum atomic E-state index is 15.0. The third-order valence-electron chi connectivity index (χ3n) is 11.7. The molecule has 2 saturated heterocycles. The lowest BCUT2D eigenvalue weighted by molar-refractivity contribution is -0.695. The van der Waals surface area contributed by atoms with Gasteiger partial charge >= 0.3 is 11.7 Å². The number of nitrogens with zero attached hydrogens (tertiary/aromatic N) is 10. The molecule has 6 aromatic rings. The zero-order valence-electron chi connectivity index (χ0n) is 37.3. The van der Waals surface area contributed by atoms with Gasteiger partial charge in [-0.25, -0.2) is 37.1 Å². The summed E-state index contributed by atoms with van der Waals surface area (Å²) in [4.78, 5) is 37.2. The second-order valence-corrected chi connectivity index (χ2v) is 17.6. The molecule has 0 spiro atoms. The van der Waals surface area contributed by atoms with E-state index in [9.17, 15) is 18.4 Å². The maximum absolute atomic E-state index is 15.0. The summed E-state index contributed by atoms with van der Waals surface area (Å²) < 4.78 is 59.3. The van der Waals surface area contributed by atoms with E-state index in [1.807, 2.05) is 117 Å². The van der Waals surface area contributed by atoms with Gasteiger partial charge in [0, 0.05) is 86.5 Å². The van der Waals surface area contributed by atoms with Gasteiger partial charge in [0.2, 0.25) is 5.79 Å². The molecular weight excluding hydrogens is 839 g/mol. The number of anilines is 3. The van der Waals surface area contributed by atoms with Gasteiger partial charge in [0.05, 0.1) is 18.8 Å². The van der Waals surface area contributed by atoms with E-state index in [0.29, 0.717) is 18.0 Å². The predicted octanol–water partition coefficient (Wildman–Crippen LogP) is 4.98. The summed E-state index contributed by atoms with van der Waals surface area (Å²) in [5.41, 5.74) is 3.20. The van der Waals surface area contributed by atoms with Crippen LogP contribution < -0.4 is 29.7 Å². The summed E-state index contributed by atoms with van der Waals surface area (Å²) in [7, 11) is 3.96. The van der Waals surface area contributed by atoms with Crippen LogP contribution in [-0.4, -0.2) is 101 Å². The van der Waals surface area contributed by atoms with Gasteiger partial charge < -0.3 is 33.6 Å². The Bertz CT molecular complexity index is 2570. The van der Waals surface area contributed by atoms with Crippen molar-refractivity contribution in [2.24, 2.45) is 5.41 Å². The highest BCUT2D eigenvalue weighted by Gasteiger charge is 2.46. The van der Waals surface area contributed by atoms with E-state index in [1.165, 1.54) is 45.0 Å². The van der Waals surface area contributed by atoms with Crippen molar-refractivity contribution in [1.29, 1.82) is 0 Å². The van der Waals surface area contributed by atoms with Gasteiger partial charge in [-0.1, -0.05) is 20.8 Å². The number of pyridine rings is 1. The van der Waals surface area contributed by atoms with Crippen LogP contribution in [0.15, 0.2) is 115 Å². The number of aryl methyl sites for hydroxylation is 1. The number of hydrogen-bond donors (Lipinski definition) is 0. The summed E-state index contributed by atoms with van der Waals surface area (Å²) in [6.07, 6.45) is 7.32. The second kappa shape index (κ2) is 19.2. The summed E-state index contributed by atoms with van der Waals surface area (Å²) >= 11 is 0. The van der Waals surface area contributed by atoms with E-state index in [-0.39, 0.29) is 49.9 Å². The van der Waals surface area contributed by atoms with Crippen LogP contribution in [0.4, 0.5) is 25.8 Å². The Morgan fingerprint density at radius 1 is 0.908 bits per heavy atom. The number of piperazine rings is 1. The molecule has 3 aromatic heterocycles. The van der Waals surface area contributed by atoms with Crippen LogP contribution in [0.2, 0.25) is 0 Å². The molecule has 0 bridgehead atoms. The highest BCUT2D eigenvalue weighted by molar-refractivity contribution is 5.69. The maximum Gasteiger partial charge on any atom is 0.350 e. The molecule has 0 saturated carbocycles. The lowest BCUT2D eigenvalue weighted by Gasteiger charge is -2.37. The average Bonchev–Trinajstić information content (AvgIpc) is 4.06. The Kier molecular flexibility index (Phi) is 13.3. The van der Waals surface area contributed by atoms with E-state index >= 15 is 0 Å². The minimum atomic E-state index is -1.53. The van der Waals surface area contributed by atoms with E-state index < -0.39 is 35.0 Å². The standard InChI is InChI=1S/C47H55F2N10O6/c1-46(2,3)43(64-44(60)18-21-54-19-16-35(17-20-54)53(4)5)27-59-45(61)58(33-52-59)38-9-7-36(8-10-38)55-22-24-56(25-23-55)37-11-13-39(14-12-37)62-28-40-29-63-47(65-40,30-57-32-50-31-51-57)41-15-6-34(48)26-42(41)49/h6-17,19-20,26,31-33,40,43H,18,21-25,27-30H2,1-5H3/q+1/t40-,43?,47-/m1/s1. The molecule has 0 amide bonds. The fourth-order valence-electron chi connectivity index (χ4n) is 7.89. The van der Waals surface area contributed by atoms with E-state index in [0.717, 1.165) is 49.3 Å². The Hall–Kier alpha value is -6.66. The van der Waals surface area contributed by atoms with Gasteiger partial charge in [-0.15, -0.1) is 0 Å². The van der Waals surface area contributed by atoms with Crippen molar-refractivity contribution >= 4 is 23.0 Å². The zero-order chi connectivity index (χ0) is 45.7. The minimum absolute atomic E-state index is 0.0168. The van der Waals surface area contributed by atoms with Gasteiger partial charge in [0.15, 0.2) is 18.9 Å². The van der Waals surface area contributed by atoms with Crippen LogP contribution in [-0.2, 0) is 44.4 Å². The second-order valence-electron chi connectivity index (χ2n) is 17.6. The predicted molar refractivity (Wildman–Crippen MR) is 238 cm³/mol. The first-order chi connectivity index (χ1) is 31.2. The molecule has 0 radical (unpaired) electrons. The Balaban J connectivity index is 0.812. The van der Waals surface area contributed by atoms with Crippen molar-refractivity contribution in [3.05, 3.63) is 138 Å². The van der Waals surface area contributed by atoms with E-state index in [4.69, 9.17) is 18.9 Å². The van der Waals surface area contributed by atoms with Gasteiger partial charge in [-0.2, -0.15) is 10.2 Å². The summed E-state index contributed by atoms with van der Waals surface area (Å²) in [6, 6.07) is 23.0. The van der Waals surface area contributed by atoms with Crippen LogP contribution in [0.5, 0.6) is 5.75 Å². The number of carbonyl (C=O) groups is 1. The molecule has 2 aliphatic heterocycles. The number of rotatable bonds is 16. The van der Waals surface area contributed by atoms with Crippen LogP contribution in [0.25, 0.3) is 5.69 Å². The molecular formula is C47H55F2N10O6+. The number of ether oxygens (including phenoxy) is 4. The lowest BCUT2D eigenvalue weighted by Crippen LogP contribution is -2.46. The van der Waals surface area contributed by atoms with Crippen LogP contribution in [0, 0.1) is 17.0 Å². The Morgan fingerprint density at radius 3 is 2.18 bits per heavy atom. The van der Waals surface area contributed by atoms with Crippen molar-refractivity contribution in [2.75, 3.05) is 68.2 Å². The molecule has 8 rings (SSSR count). The van der Waals surface area contributed by atoms with Gasteiger partial charge in [0.25, 0.3) is 0 Å². The third-order valence-corrected chi connectivity index (χ3v) is 11.7. The minimum Gasteiger partial charge on any atom is -0.491 e. The summed E-state index contributed by atoms with van der Waals surface area (Å²) in [5.74, 6) is -2.70. The molecule has 5 heterocycles. The molecule has 65 heavy (non-hydrogen) atoms. The molecule has 16 nitrogen and oxygen atoms in total. The highest BCUT2D eigenvalue weighted by atomic mass is 19.1. The molecule has 0 aliphatic carbocycles. The first-order valence-corrected chi connectivity index (χ1v) is 21.7. The summed E-state index contributed by atoms with van der Waals surface area (Å²) in [5, 5.41) is 8.51. The Morgan fingerprint density at radius 2 is 1.57 bits per heavy atom. The normalized spacial score (nSPS) is 18.2. The largest absolute Gasteiger partial charge is 0.491 e. The smallest absolute Gasteiger partial charge is 0.350 e. The first-order valence-electron chi connectivity index (χ1n) is 21.7. The van der Waals surface area contributed by atoms with Crippen LogP contribution in [0.1, 0.15) is 32.8 Å². The molecule has 2 fully saturated rings. The molecule has 1 unspecified atom stereocenters. The van der Waals surface area contributed by atoms with Crippen molar-refractivity contribution in [3.8, 4) is 11.4 Å². The summed E-state index contributed by atoms with van der Waals surface area (Å²) in [6.45, 7) is 10.1. The molecule has 0 N–H and O–H groups in total. The molecule has 2 aliphatic rings. The number of hydrogen-bond acceptors (Lipinski definition) is 12. The van der Waals surface area contributed by atoms with Crippen LogP contribution >= 0.6 is 0 Å². The average molecular weight is 894 g/mol. The molecule has 3 atom stereocenters. The molecule has 3 aromatic carbocycles. The number of aromatic nitrogens is 7. The number of carbonyl (C=O) groups excluding carboxylic acids is 1. The van der Waals surface area contributed by atoms with Gasteiger partial charge in [-0.3, -0.25) is 4.79 Å². The first kappa shape index (κ1) is 44.9. The van der Waals surface area contributed by atoms with Gasteiger partial charge in [0.1, 0.15) is 68.1 Å². The number of esters is 1.